The predicted molar refractivity (Wildman–Crippen MR) is 56.4 cm³/mol. The highest BCUT2D eigenvalue weighted by molar-refractivity contribution is 9.10. The SMILES string of the molecule is CN(Cc1ccc(Br)nc1)C1CC1. The summed E-state index contributed by atoms with van der Waals surface area (Å²) in [7, 11) is 2.18. The van der Waals surface area contributed by atoms with E-state index in [4.69, 9.17) is 0 Å². The Bertz CT molecular complexity index is 279. The first-order chi connectivity index (χ1) is 6.25. The van der Waals surface area contributed by atoms with E-state index in [9.17, 15) is 0 Å². The van der Waals surface area contributed by atoms with Gasteiger partial charge in [0.05, 0.1) is 0 Å². The van der Waals surface area contributed by atoms with E-state index in [1.807, 2.05) is 12.3 Å². The predicted octanol–water partition coefficient (Wildman–Crippen LogP) is 2.44. The quantitative estimate of drug-likeness (QED) is 0.755. The molecule has 0 N–H and O–H groups in total. The lowest BCUT2D eigenvalue weighted by molar-refractivity contribution is 0.316. The van der Waals surface area contributed by atoms with Gasteiger partial charge in [0, 0.05) is 18.8 Å². The molecule has 0 unspecified atom stereocenters. The summed E-state index contributed by atoms with van der Waals surface area (Å²) in [5, 5.41) is 0. The van der Waals surface area contributed by atoms with Crippen LogP contribution in [0, 0.1) is 0 Å². The lowest BCUT2D eigenvalue weighted by Gasteiger charge is -2.14. The van der Waals surface area contributed by atoms with Crippen LogP contribution in [0.15, 0.2) is 22.9 Å². The third kappa shape index (κ3) is 2.51. The number of halogens is 1. The molecule has 0 aliphatic heterocycles. The van der Waals surface area contributed by atoms with E-state index in [1.54, 1.807) is 0 Å². The molecule has 2 rings (SSSR count). The summed E-state index contributed by atoms with van der Waals surface area (Å²) in [6.07, 6.45) is 4.66. The van der Waals surface area contributed by atoms with Crippen molar-refractivity contribution in [3.8, 4) is 0 Å². The normalized spacial score (nSPS) is 16.5. The summed E-state index contributed by atoms with van der Waals surface area (Å²) in [6.45, 7) is 1.02. The fourth-order valence-electron chi connectivity index (χ4n) is 1.43. The van der Waals surface area contributed by atoms with Crippen molar-refractivity contribution >= 4 is 15.9 Å². The average Bonchev–Trinajstić information content (AvgIpc) is 2.91. The summed E-state index contributed by atoms with van der Waals surface area (Å²) in [6, 6.07) is 4.94. The molecule has 3 heteroatoms. The number of aromatic nitrogens is 1. The topological polar surface area (TPSA) is 16.1 Å². The maximum absolute atomic E-state index is 4.20. The molecule has 1 aliphatic carbocycles. The highest BCUT2D eigenvalue weighted by atomic mass is 79.9. The van der Waals surface area contributed by atoms with Crippen molar-refractivity contribution in [3.05, 3.63) is 28.5 Å². The van der Waals surface area contributed by atoms with Crippen molar-refractivity contribution < 1.29 is 0 Å². The van der Waals surface area contributed by atoms with Crippen LogP contribution in [0.5, 0.6) is 0 Å². The third-order valence-electron chi connectivity index (χ3n) is 2.39. The van der Waals surface area contributed by atoms with Gasteiger partial charge in [-0.1, -0.05) is 6.07 Å². The summed E-state index contributed by atoms with van der Waals surface area (Å²) in [5.74, 6) is 0. The van der Waals surface area contributed by atoms with Crippen LogP contribution in [0.25, 0.3) is 0 Å². The second kappa shape index (κ2) is 3.76. The number of rotatable bonds is 3. The van der Waals surface area contributed by atoms with Crippen molar-refractivity contribution in [3.63, 3.8) is 0 Å². The minimum atomic E-state index is 0.823. The Morgan fingerprint density at radius 3 is 2.85 bits per heavy atom. The Balaban J connectivity index is 1.96. The van der Waals surface area contributed by atoms with Crippen LogP contribution >= 0.6 is 15.9 Å². The van der Waals surface area contributed by atoms with Gasteiger partial charge in [0.1, 0.15) is 4.60 Å². The molecule has 0 atom stereocenters. The second-order valence-corrected chi connectivity index (χ2v) is 4.45. The maximum Gasteiger partial charge on any atom is 0.106 e. The van der Waals surface area contributed by atoms with Crippen LogP contribution in [-0.2, 0) is 6.54 Å². The molecule has 0 spiro atoms. The van der Waals surface area contributed by atoms with E-state index in [1.165, 1.54) is 18.4 Å². The molecule has 1 fully saturated rings. The second-order valence-electron chi connectivity index (χ2n) is 3.64. The smallest absolute Gasteiger partial charge is 0.106 e. The fraction of sp³-hybridized carbons (Fsp3) is 0.500. The van der Waals surface area contributed by atoms with E-state index < -0.39 is 0 Å². The van der Waals surface area contributed by atoms with Crippen LogP contribution < -0.4 is 0 Å². The molecule has 2 nitrogen and oxygen atoms in total. The molecule has 0 radical (unpaired) electrons. The molecule has 1 aromatic heterocycles. The van der Waals surface area contributed by atoms with Crippen molar-refractivity contribution in [2.75, 3.05) is 7.05 Å². The van der Waals surface area contributed by atoms with E-state index in [0.29, 0.717) is 0 Å². The van der Waals surface area contributed by atoms with Crippen molar-refractivity contribution in [1.29, 1.82) is 0 Å². The highest BCUT2D eigenvalue weighted by Crippen LogP contribution is 2.26. The first kappa shape index (κ1) is 9.16. The zero-order chi connectivity index (χ0) is 9.26. The summed E-state index contributed by atoms with van der Waals surface area (Å²) >= 11 is 3.33. The van der Waals surface area contributed by atoms with Gasteiger partial charge in [0.25, 0.3) is 0 Å². The van der Waals surface area contributed by atoms with Gasteiger partial charge in [0.2, 0.25) is 0 Å². The Hall–Kier alpha value is -0.410. The van der Waals surface area contributed by atoms with E-state index in [2.05, 4.69) is 38.9 Å². The lowest BCUT2D eigenvalue weighted by atomic mass is 10.3. The lowest BCUT2D eigenvalue weighted by Crippen LogP contribution is -2.19. The molecule has 70 valence electrons. The summed E-state index contributed by atoms with van der Waals surface area (Å²) in [5.41, 5.74) is 1.29. The minimum Gasteiger partial charge on any atom is -0.299 e. The highest BCUT2D eigenvalue weighted by Gasteiger charge is 2.25. The molecule has 0 saturated heterocycles. The van der Waals surface area contributed by atoms with Crippen molar-refractivity contribution in [1.82, 2.24) is 9.88 Å². The summed E-state index contributed by atoms with van der Waals surface area (Å²) < 4.78 is 0.908. The first-order valence-electron chi connectivity index (χ1n) is 4.56. The fourth-order valence-corrected chi connectivity index (χ4v) is 1.67. The Morgan fingerprint density at radius 2 is 2.31 bits per heavy atom. The molecule has 1 saturated carbocycles. The van der Waals surface area contributed by atoms with Gasteiger partial charge < -0.3 is 0 Å². The number of hydrogen-bond donors (Lipinski definition) is 0. The molecule has 1 aliphatic rings. The van der Waals surface area contributed by atoms with Crippen molar-refractivity contribution in [2.45, 2.75) is 25.4 Å². The van der Waals surface area contributed by atoms with Crippen LogP contribution in [0.4, 0.5) is 0 Å². The molecule has 13 heavy (non-hydrogen) atoms. The molecule has 0 amide bonds. The van der Waals surface area contributed by atoms with Crippen LogP contribution in [0.2, 0.25) is 0 Å². The van der Waals surface area contributed by atoms with Gasteiger partial charge in [-0.3, -0.25) is 4.90 Å². The van der Waals surface area contributed by atoms with E-state index in [-0.39, 0.29) is 0 Å². The zero-order valence-electron chi connectivity index (χ0n) is 7.70. The van der Waals surface area contributed by atoms with Gasteiger partial charge in [-0.15, -0.1) is 0 Å². The Morgan fingerprint density at radius 1 is 1.54 bits per heavy atom. The average molecular weight is 241 g/mol. The largest absolute Gasteiger partial charge is 0.299 e. The van der Waals surface area contributed by atoms with Crippen LogP contribution in [0.3, 0.4) is 0 Å². The number of pyridine rings is 1. The number of hydrogen-bond acceptors (Lipinski definition) is 2. The molecular weight excluding hydrogens is 228 g/mol. The monoisotopic (exact) mass is 240 g/mol. The Labute approximate surface area is 87.1 Å². The number of nitrogens with zero attached hydrogens (tertiary/aromatic N) is 2. The zero-order valence-corrected chi connectivity index (χ0v) is 9.29. The van der Waals surface area contributed by atoms with Gasteiger partial charge in [-0.25, -0.2) is 4.98 Å². The molecule has 0 bridgehead atoms. The first-order valence-corrected chi connectivity index (χ1v) is 5.35. The van der Waals surface area contributed by atoms with Gasteiger partial charge in [-0.2, -0.15) is 0 Å². The minimum absolute atomic E-state index is 0.823. The molecular formula is C10H13BrN2. The van der Waals surface area contributed by atoms with E-state index in [0.717, 1.165) is 17.2 Å². The molecule has 1 aromatic rings. The van der Waals surface area contributed by atoms with Crippen LogP contribution in [-0.4, -0.2) is 23.0 Å². The third-order valence-corrected chi connectivity index (χ3v) is 2.86. The van der Waals surface area contributed by atoms with Crippen molar-refractivity contribution in [2.24, 2.45) is 0 Å². The summed E-state index contributed by atoms with van der Waals surface area (Å²) in [4.78, 5) is 6.60. The maximum atomic E-state index is 4.20. The molecule has 0 aromatic carbocycles. The van der Waals surface area contributed by atoms with Gasteiger partial charge >= 0.3 is 0 Å². The van der Waals surface area contributed by atoms with Gasteiger partial charge in [0.15, 0.2) is 0 Å². The molecule has 1 heterocycles. The van der Waals surface area contributed by atoms with E-state index >= 15 is 0 Å². The van der Waals surface area contributed by atoms with Crippen LogP contribution in [0.1, 0.15) is 18.4 Å². The Kier molecular flexibility index (Phi) is 2.65. The standard InChI is InChI=1S/C10H13BrN2/c1-13(9-3-4-9)7-8-2-5-10(11)12-6-8/h2,5-6,9H,3-4,7H2,1H3. The van der Waals surface area contributed by atoms with Gasteiger partial charge in [-0.05, 0) is 47.4 Å².